The molecule has 5 nitrogen and oxygen atoms in total. The minimum Gasteiger partial charge on any atom is -0.491 e. The Kier molecular flexibility index (Phi) is 3.53. The van der Waals surface area contributed by atoms with Crippen LogP contribution in [0.5, 0.6) is 5.75 Å². The van der Waals surface area contributed by atoms with E-state index in [2.05, 4.69) is 5.32 Å². The van der Waals surface area contributed by atoms with Gasteiger partial charge in [0.05, 0.1) is 13.0 Å². The molecule has 2 aliphatic rings. The average Bonchev–Trinajstić information content (AvgIpc) is 3.22. The van der Waals surface area contributed by atoms with Gasteiger partial charge in [-0.05, 0) is 31.9 Å². The molecule has 1 unspecified atom stereocenters. The number of halogens is 1. The Labute approximate surface area is 122 Å². The molecule has 0 radical (unpaired) electrons. The zero-order chi connectivity index (χ0) is 15.0. The van der Waals surface area contributed by atoms with Gasteiger partial charge in [-0.15, -0.1) is 0 Å². The molecule has 1 heterocycles. The molecule has 2 amide bonds. The van der Waals surface area contributed by atoms with Gasteiger partial charge >= 0.3 is 0 Å². The van der Waals surface area contributed by atoms with Gasteiger partial charge < -0.3 is 10.1 Å². The molecule has 1 aliphatic carbocycles. The Morgan fingerprint density at radius 3 is 2.76 bits per heavy atom. The highest BCUT2D eigenvalue weighted by molar-refractivity contribution is 6.07. The van der Waals surface area contributed by atoms with Crippen LogP contribution in [0.15, 0.2) is 18.2 Å². The van der Waals surface area contributed by atoms with Crippen LogP contribution in [-0.2, 0) is 9.59 Å². The van der Waals surface area contributed by atoms with Gasteiger partial charge in [0.15, 0.2) is 11.6 Å². The standard InChI is InChI=1S/C15H17FN2O3/c1-2-21-13-6-3-9(7-11(13)16)17-12-8-14(19)18(15(12)20)10-4-5-10/h3,6-7,10,12,17H,2,4-5,8H2,1H3. The van der Waals surface area contributed by atoms with E-state index in [-0.39, 0.29) is 30.0 Å². The van der Waals surface area contributed by atoms with Crippen molar-refractivity contribution in [2.45, 2.75) is 38.3 Å². The Balaban J connectivity index is 1.70. The fraction of sp³-hybridized carbons (Fsp3) is 0.467. The minimum absolute atomic E-state index is 0.0777. The number of rotatable bonds is 5. The first-order valence-electron chi connectivity index (χ1n) is 7.15. The highest BCUT2D eigenvalue weighted by atomic mass is 19.1. The van der Waals surface area contributed by atoms with E-state index in [1.807, 2.05) is 0 Å². The topological polar surface area (TPSA) is 58.6 Å². The normalized spacial score (nSPS) is 21.8. The Morgan fingerprint density at radius 1 is 1.38 bits per heavy atom. The van der Waals surface area contributed by atoms with Crippen molar-refractivity contribution in [3.8, 4) is 5.75 Å². The van der Waals surface area contributed by atoms with Crippen molar-refractivity contribution in [3.05, 3.63) is 24.0 Å². The molecule has 0 spiro atoms. The molecule has 1 aliphatic heterocycles. The molecule has 21 heavy (non-hydrogen) atoms. The highest BCUT2D eigenvalue weighted by Gasteiger charge is 2.46. The maximum atomic E-state index is 13.8. The third kappa shape index (κ3) is 2.70. The Bertz CT molecular complexity index is 586. The maximum absolute atomic E-state index is 13.8. The second kappa shape index (κ2) is 5.35. The van der Waals surface area contributed by atoms with Gasteiger partial charge in [-0.3, -0.25) is 14.5 Å². The summed E-state index contributed by atoms with van der Waals surface area (Å²) >= 11 is 0. The van der Waals surface area contributed by atoms with Crippen molar-refractivity contribution in [1.82, 2.24) is 4.90 Å². The summed E-state index contributed by atoms with van der Waals surface area (Å²) in [6.45, 7) is 2.16. The Morgan fingerprint density at radius 2 is 2.14 bits per heavy atom. The van der Waals surface area contributed by atoms with Gasteiger partial charge in [-0.1, -0.05) is 0 Å². The predicted molar refractivity (Wildman–Crippen MR) is 74.5 cm³/mol. The molecule has 1 aromatic rings. The quantitative estimate of drug-likeness (QED) is 0.842. The van der Waals surface area contributed by atoms with Crippen molar-refractivity contribution in [3.63, 3.8) is 0 Å². The van der Waals surface area contributed by atoms with Crippen LogP contribution in [0, 0.1) is 5.82 Å². The monoisotopic (exact) mass is 292 g/mol. The molecule has 1 N–H and O–H groups in total. The van der Waals surface area contributed by atoms with Crippen molar-refractivity contribution in [1.29, 1.82) is 0 Å². The number of hydrogen-bond acceptors (Lipinski definition) is 4. The van der Waals surface area contributed by atoms with Crippen LogP contribution < -0.4 is 10.1 Å². The molecule has 1 saturated heterocycles. The van der Waals surface area contributed by atoms with Crippen LogP contribution in [0.3, 0.4) is 0 Å². The smallest absolute Gasteiger partial charge is 0.252 e. The first-order chi connectivity index (χ1) is 10.1. The summed E-state index contributed by atoms with van der Waals surface area (Å²) in [7, 11) is 0. The third-order valence-electron chi connectivity index (χ3n) is 3.67. The van der Waals surface area contributed by atoms with Gasteiger partial charge in [0.1, 0.15) is 6.04 Å². The lowest BCUT2D eigenvalue weighted by atomic mass is 10.2. The van der Waals surface area contributed by atoms with E-state index in [1.54, 1.807) is 13.0 Å². The van der Waals surface area contributed by atoms with Gasteiger partial charge in [0.25, 0.3) is 5.91 Å². The number of amides is 2. The van der Waals surface area contributed by atoms with Crippen molar-refractivity contribution in [2.75, 3.05) is 11.9 Å². The number of hydrogen-bond donors (Lipinski definition) is 1. The van der Waals surface area contributed by atoms with E-state index in [0.717, 1.165) is 12.8 Å². The number of likely N-dealkylation sites (tertiary alicyclic amines) is 1. The summed E-state index contributed by atoms with van der Waals surface area (Å²) in [5.74, 6) is -0.669. The van der Waals surface area contributed by atoms with Crippen LogP contribution in [-0.4, -0.2) is 35.4 Å². The number of benzene rings is 1. The van der Waals surface area contributed by atoms with E-state index in [0.29, 0.717) is 12.3 Å². The second-order valence-electron chi connectivity index (χ2n) is 5.31. The molecular formula is C15H17FN2O3. The lowest BCUT2D eigenvalue weighted by Crippen LogP contribution is -2.36. The van der Waals surface area contributed by atoms with Crippen LogP contribution in [0.25, 0.3) is 0 Å². The molecule has 0 aromatic heterocycles. The summed E-state index contributed by atoms with van der Waals surface area (Å²) in [4.78, 5) is 25.4. The molecule has 2 fully saturated rings. The van der Waals surface area contributed by atoms with Crippen molar-refractivity contribution >= 4 is 17.5 Å². The lowest BCUT2D eigenvalue weighted by molar-refractivity contribution is -0.139. The summed E-state index contributed by atoms with van der Waals surface area (Å²) in [6, 6.07) is 3.92. The molecule has 6 heteroatoms. The van der Waals surface area contributed by atoms with Gasteiger partial charge in [-0.25, -0.2) is 4.39 Å². The summed E-state index contributed by atoms with van der Waals surface area (Å²) in [6.07, 6.45) is 1.91. The number of nitrogens with one attached hydrogen (secondary N) is 1. The van der Waals surface area contributed by atoms with Gasteiger partial charge in [0.2, 0.25) is 5.91 Å². The first kappa shape index (κ1) is 13.9. The maximum Gasteiger partial charge on any atom is 0.252 e. The molecule has 1 aromatic carbocycles. The highest BCUT2D eigenvalue weighted by Crippen LogP contribution is 2.32. The van der Waals surface area contributed by atoms with E-state index >= 15 is 0 Å². The number of imide groups is 1. The second-order valence-corrected chi connectivity index (χ2v) is 5.31. The first-order valence-corrected chi connectivity index (χ1v) is 7.15. The van der Waals surface area contributed by atoms with E-state index in [9.17, 15) is 14.0 Å². The number of carbonyl (C=O) groups excluding carboxylic acids is 2. The molecule has 112 valence electrons. The molecule has 0 bridgehead atoms. The number of ether oxygens (including phenoxy) is 1. The number of anilines is 1. The fourth-order valence-corrected chi connectivity index (χ4v) is 2.54. The van der Waals surface area contributed by atoms with Gasteiger partial charge in [-0.2, -0.15) is 0 Å². The zero-order valence-electron chi connectivity index (χ0n) is 11.8. The fourth-order valence-electron chi connectivity index (χ4n) is 2.54. The van der Waals surface area contributed by atoms with E-state index < -0.39 is 11.9 Å². The van der Waals surface area contributed by atoms with Gasteiger partial charge in [0, 0.05) is 17.8 Å². The Hall–Kier alpha value is -2.11. The van der Waals surface area contributed by atoms with Crippen molar-refractivity contribution in [2.24, 2.45) is 0 Å². The minimum atomic E-state index is -0.601. The molecule has 3 rings (SSSR count). The zero-order valence-corrected chi connectivity index (χ0v) is 11.8. The van der Waals surface area contributed by atoms with E-state index in [4.69, 9.17) is 4.74 Å². The summed E-state index contributed by atoms with van der Waals surface area (Å²) < 4.78 is 18.9. The van der Waals surface area contributed by atoms with Crippen molar-refractivity contribution < 1.29 is 18.7 Å². The SMILES string of the molecule is CCOc1ccc(NC2CC(=O)N(C3CC3)C2=O)cc1F. The lowest BCUT2D eigenvalue weighted by Gasteiger charge is -2.15. The van der Waals surface area contributed by atoms with Crippen LogP contribution >= 0.6 is 0 Å². The molecule has 1 atom stereocenters. The summed E-state index contributed by atoms with van der Waals surface area (Å²) in [5, 5.41) is 2.94. The molecule has 1 saturated carbocycles. The van der Waals surface area contributed by atoms with Crippen LogP contribution in [0.2, 0.25) is 0 Å². The largest absolute Gasteiger partial charge is 0.491 e. The summed E-state index contributed by atoms with van der Waals surface area (Å²) in [5.41, 5.74) is 0.472. The molecular weight excluding hydrogens is 275 g/mol. The van der Waals surface area contributed by atoms with Crippen LogP contribution in [0.4, 0.5) is 10.1 Å². The van der Waals surface area contributed by atoms with E-state index in [1.165, 1.54) is 17.0 Å². The average molecular weight is 292 g/mol. The number of nitrogens with zero attached hydrogens (tertiary/aromatic N) is 1. The third-order valence-corrected chi connectivity index (χ3v) is 3.67. The predicted octanol–water partition coefficient (Wildman–Crippen LogP) is 1.93. The van der Waals surface area contributed by atoms with Crippen LogP contribution in [0.1, 0.15) is 26.2 Å². The number of carbonyl (C=O) groups is 2.